The van der Waals surface area contributed by atoms with Crippen LogP contribution in [0.5, 0.6) is 0 Å². The number of hydrogen-bond acceptors (Lipinski definition) is 2. The van der Waals surface area contributed by atoms with E-state index in [1.807, 2.05) is 24.3 Å². The highest BCUT2D eigenvalue weighted by Gasteiger charge is 2.15. The first-order chi connectivity index (χ1) is 10.7. The molecule has 0 saturated carbocycles. The smallest absolute Gasteiger partial charge is 0.191 e. The second-order valence-corrected chi connectivity index (χ2v) is 5.39. The predicted molar refractivity (Wildman–Crippen MR) is 87.8 cm³/mol. The molecular formula is C18H12N2O2. The summed E-state index contributed by atoms with van der Waals surface area (Å²) in [6.07, 6.45) is 4.41. The molecule has 4 rings (SSSR count). The summed E-state index contributed by atoms with van der Waals surface area (Å²) in [5, 5.41) is 18.1. The fourth-order valence-corrected chi connectivity index (χ4v) is 3.01. The van der Waals surface area contributed by atoms with Gasteiger partial charge in [0.05, 0.1) is 5.10 Å². The summed E-state index contributed by atoms with van der Waals surface area (Å²) in [5.74, 6) is 0. The quantitative estimate of drug-likeness (QED) is 0.385. The van der Waals surface area contributed by atoms with Gasteiger partial charge in [0.1, 0.15) is 5.71 Å². The number of nitro groups is 1. The van der Waals surface area contributed by atoms with Gasteiger partial charge in [-0.25, -0.2) is 10.1 Å². The summed E-state index contributed by atoms with van der Waals surface area (Å²) in [6.45, 7) is 0. The van der Waals surface area contributed by atoms with Gasteiger partial charge >= 0.3 is 0 Å². The van der Waals surface area contributed by atoms with Crippen molar-refractivity contribution in [3.8, 4) is 0 Å². The molecule has 0 N–H and O–H groups in total. The Morgan fingerprint density at radius 1 is 0.955 bits per heavy atom. The van der Waals surface area contributed by atoms with E-state index in [0.29, 0.717) is 5.71 Å². The number of hydrogen-bond donors (Lipinski definition) is 0. The molecule has 0 radical (unpaired) electrons. The largest absolute Gasteiger partial charge is 0.233 e. The molecule has 3 aromatic carbocycles. The van der Waals surface area contributed by atoms with Gasteiger partial charge in [-0.1, -0.05) is 36.4 Å². The van der Waals surface area contributed by atoms with Gasteiger partial charge in [0.25, 0.3) is 0 Å². The molecule has 106 valence electrons. The molecular weight excluding hydrogens is 276 g/mol. The van der Waals surface area contributed by atoms with E-state index in [-0.39, 0.29) is 0 Å². The van der Waals surface area contributed by atoms with Crippen molar-refractivity contribution in [2.75, 3.05) is 0 Å². The van der Waals surface area contributed by atoms with Crippen molar-refractivity contribution in [3.05, 3.63) is 81.9 Å². The van der Waals surface area contributed by atoms with Crippen LogP contribution in [0.1, 0.15) is 11.1 Å². The highest BCUT2D eigenvalue weighted by molar-refractivity contribution is 6.13. The maximum absolute atomic E-state index is 10.7. The predicted octanol–water partition coefficient (Wildman–Crippen LogP) is 4.09. The molecule has 0 saturated heterocycles. The minimum atomic E-state index is -0.640. The first-order valence-electron chi connectivity index (χ1n) is 7.06. The molecule has 0 spiro atoms. The van der Waals surface area contributed by atoms with Crippen LogP contribution in [0.4, 0.5) is 0 Å². The molecule has 3 aromatic rings. The van der Waals surface area contributed by atoms with Gasteiger partial charge in [0, 0.05) is 5.56 Å². The third kappa shape index (κ3) is 2.05. The minimum absolute atomic E-state index is 0.418. The van der Waals surface area contributed by atoms with Crippen LogP contribution in [0.15, 0.2) is 65.8 Å². The molecule has 0 bridgehead atoms. The average molecular weight is 288 g/mol. The van der Waals surface area contributed by atoms with Crippen molar-refractivity contribution in [2.45, 2.75) is 6.42 Å². The normalized spacial score (nSPS) is 15.4. The number of benzene rings is 3. The molecule has 1 aliphatic rings. The Morgan fingerprint density at radius 3 is 2.32 bits per heavy atom. The van der Waals surface area contributed by atoms with Gasteiger partial charge in [-0.3, -0.25) is 0 Å². The lowest BCUT2D eigenvalue weighted by Gasteiger charge is -2.13. The fraction of sp³-hybridized carbons (Fsp3) is 0.0556. The molecule has 0 aromatic heterocycles. The third-order valence-corrected chi connectivity index (χ3v) is 4.01. The van der Waals surface area contributed by atoms with Crippen LogP contribution in [-0.4, -0.2) is 10.7 Å². The molecule has 4 heteroatoms. The molecule has 22 heavy (non-hydrogen) atoms. The van der Waals surface area contributed by atoms with Crippen molar-refractivity contribution in [2.24, 2.45) is 5.10 Å². The van der Waals surface area contributed by atoms with Gasteiger partial charge in [0.2, 0.25) is 0 Å². The standard InChI is InChI=1S/C18H12N2O2/c21-20(22)19-18-7-3-6-14-10-15-8-12-4-1-2-5-13(12)9-16(15)11-17(14)18/h1-5,7-11H,6H2. The number of hydrazone groups is 1. The summed E-state index contributed by atoms with van der Waals surface area (Å²) in [4.78, 5) is 10.7. The number of fused-ring (bicyclic) bond motifs is 3. The molecule has 0 heterocycles. The van der Waals surface area contributed by atoms with E-state index in [0.717, 1.165) is 33.7 Å². The lowest BCUT2D eigenvalue weighted by Crippen LogP contribution is -2.09. The second-order valence-electron chi connectivity index (χ2n) is 5.39. The van der Waals surface area contributed by atoms with E-state index in [4.69, 9.17) is 0 Å². The van der Waals surface area contributed by atoms with Crippen molar-refractivity contribution in [3.63, 3.8) is 0 Å². The Morgan fingerprint density at radius 2 is 1.64 bits per heavy atom. The van der Waals surface area contributed by atoms with Gasteiger partial charge in [0.15, 0.2) is 5.03 Å². The Bertz CT molecular complexity index is 987. The van der Waals surface area contributed by atoms with Crippen molar-refractivity contribution in [1.29, 1.82) is 0 Å². The number of rotatable bonds is 1. The van der Waals surface area contributed by atoms with Gasteiger partial charge < -0.3 is 0 Å². The van der Waals surface area contributed by atoms with Gasteiger partial charge in [-0.2, -0.15) is 0 Å². The highest BCUT2D eigenvalue weighted by Crippen LogP contribution is 2.28. The lowest BCUT2D eigenvalue weighted by atomic mass is 9.91. The third-order valence-electron chi connectivity index (χ3n) is 4.01. The van der Waals surface area contributed by atoms with Gasteiger partial charge in [-0.05, 0) is 57.8 Å². The number of allylic oxidation sites excluding steroid dienone is 2. The lowest BCUT2D eigenvalue weighted by molar-refractivity contribution is -0.484. The number of nitrogens with zero attached hydrogens (tertiary/aromatic N) is 2. The molecule has 4 nitrogen and oxygen atoms in total. The Balaban J connectivity index is 2.00. The topological polar surface area (TPSA) is 55.5 Å². The molecule has 0 fully saturated rings. The first-order valence-corrected chi connectivity index (χ1v) is 7.06. The van der Waals surface area contributed by atoms with E-state index in [9.17, 15) is 10.1 Å². The fourth-order valence-electron chi connectivity index (χ4n) is 3.01. The maximum Gasteiger partial charge on any atom is 0.191 e. The van der Waals surface area contributed by atoms with Crippen molar-refractivity contribution in [1.82, 2.24) is 0 Å². The zero-order valence-electron chi connectivity index (χ0n) is 11.7. The zero-order chi connectivity index (χ0) is 15.1. The molecule has 0 amide bonds. The van der Waals surface area contributed by atoms with Crippen molar-refractivity contribution < 1.29 is 5.03 Å². The SMILES string of the molecule is O=[N+]([O-])N=C1C=CCc2cc3cc4ccccc4cc3cc21. The van der Waals surface area contributed by atoms with E-state index >= 15 is 0 Å². The Labute approximate surface area is 126 Å². The van der Waals surface area contributed by atoms with Crippen LogP contribution in [0.2, 0.25) is 0 Å². The minimum Gasteiger partial charge on any atom is -0.233 e. The van der Waals surface area contributed by atoms with E-state index in [2.05, 4.69) is 35.4 Å². The monoisotopic (exact) mass is 288 g/mol. The second kappa shape index (κ2) is 4.77. The average Bonchev–Trinajstić information content (AvgIpc) is 2.51. The Kier molecular flexibility index (Phi) is 2.76. The molecule has 0 atom stereocenters. The molecule has 0 aliphatic heterocycles. The summed E-state index contributed by atoms with van der Waals surface area (Å²) < 4.78 is 0. The summed E-state index contributed by atoms with van der Waals surface area (Å²) in [5.41, 5.74) is 2.34. The molecule has 1 aliphatic carbocycles. The Hall–Kier alpha value is -3.01. The van der Waals surface area contributed by atoms with Crippen LogP contribution >= 0.6 is 0 Å². The van der Waals surface area contributed by atoms with Crippen LogP contribution < -0.4 is 0 Å². The maximum atomic E-state index is 10.7. The van der Waals surface area contributed by atoms with Crippen LogP contribution in [0.25, 0.3) is 21.5 Å². The summed E-state index contributed by atoms with van der Waals surface area (Å²) in [6, 6.07) is 16.6. The molecule has 0 unspecified atom stereocenters. The van der Waals surface area contributed by atoms with Gasteiger partial charge in [-0.15, -0.1) is 0 Å². The van der Waals surface area contributed by atoms with E-state index in [1.165, 1.54) is 5.39 Å². The summed E-state index contributed by atoms with van der Waals surface area (Å²) in [7, 11) is 0. The van der Waals surface area contributed by atoms with E-state index in [1.54, 1.807) is 6.08 Å². The van der Waals surface area contributed by atoms with E-state index < -0.39 is 5.03 Å². The first kappa shape index (κ1) is 12.7. The van der Waals surface area contributed by atoms with Crippen molar-refractivity contribution >= 4 is 27.3 Å². The van der Waals surface area contributed by atoms with Crippen LogP contribution in [0.3, 0.4) is 0 Å². The van der Waals surface area contributed by atoms with Crippen LogP contribution in [0, 0.1) is 10.1 Å². The summed E-state index contributed by atoms with van der Waals surface area (Å²) >= 11 is 0. The highest BCUT2D eigenvalue weighted by atomic mass is 16.7. The van der Waals surface area contributed by atoms with Crippen LogP contribution in [-0.2, 0) is 6.42 Å². The zero-order valence-corrected chi connectivity index (χ0v) is 11.7.